The fraction of sp³-hybridized carbons (Fsp3) is 0.292. The molecule has 4 aromatic rings. The zero-order chi connectivity index (χ0) is 25.4. The number of carbonyl (C=O) groups excluding carboxylic acids is 1. The van der Waals surface area contributed by atoms with E-state index in [0.29, 0.717) is 36.4 Å². The molecular weight excluding hydrogens is 477 g/mol. The van der Waals surface area contributed by atoms with E-state index in [0.717, 1.165) is 11.6 Å². The first kappa shape index (κ1) is 23.5. The van der Waals surface area contributed by atoms with Crippen LogP contribution in [-0.4, -0.2) is 49.6 Å². The van der Waals surface area contributed by atoms with Crippen molar-refractivity contribution in [3.8, 4) is 22.8 Å². The number of nitrogens with zero attached hydrogens (tertiary/aromatic N) is 6. The molecular formula is C24H21F3N6O3. The predicted molar refractivity (Wildman–Crippen MR) is 120 cm³/mol. The minimum atomic E-state index is -4.58. The number of hydrogen-bond donors (Lipinski definition) is 0. The molecule has 1 aliphatic rings. The lowest BCUT2D eigenvalue weighted by Gasteiger charge is -2.23. The van der Waals surface area contributed by atoms with E-state index in [2.05, 4.69) is 20.3 Å². The number of aromatic nitrogens is 5. The van der Waals surface area contributed by atoms with Crippen molar-refractivity contribution in [1.29, 1.82) is 0 Å². The number of amides is 1. The van der Waals surface area contributed by atoms with Crippen molar-refractivity contribution >= 4 is 5.91 Å². The first-order valence-corrected chi connectivity index (χ1v) is 11.1. The van der Waals surface area contributed by atoms with Crippen LogP contribution in [0.1, 0.15) is 46.3 Å². The fourth-order valence-corrected chi connectivity index (χ4v) is 4.40. The molecule has 2 aromatic carbocycles. The highest BCUT2D eigenvalue weighted by Gasteiger charge is 2.38. The molecule has 1 saturated heterocycles. The minimum absolute atomic E-state index is 0.0747. The van der Waals surface area contributed by atoms with Crippen molar-refractivity contribution in [2.45, 2.75) is 32.0 Å². The Hall–Kier alpha value is -4.22. The molecule has 12 heteroatoms. The number of halogens is 3. The van der Waals surface area contributed by atoms with E-state index in [4.69, 9.17) is 9.26 Å². The lowest BCUT2D eigenvalue weighted by atomic mass is 10.1. The summed E-state index contributed by atoms with van der Waals surface area (Å²) in [5.74, 6) is 0.0775. The highest BCUT2D eigenvalue weighted by Crippen LogP contribution is 2.38. The normalized spacial score (nSPS) is 15.9. The van der Waals surface area contributed by atoms with Gasteiger partial charge in [0.1, 0.15) is 11.8 Å². The van der Waals surface area contributed by atoms with E-state index in [1.165, 1.54) is 42.5 Å². The minimum Gasteiger partial charge on any atom is -0.496 e. The summed E-state index contributed by atoms with van der Waals surface area (Å²) < 4.78 is 51.2. The summed E-state index contributed by atoms with van der Waals surface area (Å²) in [5, 5.41) is 12.1. The highest BCUT2D eigenvalue weighted by atomic mass is 19.4. The molecule has 0 saturated carbocycles. The van der Waals surface area contributed by atoms with Crippen LogP contribution in [0, 0.1) is 6.92 Å². The summed E-state index contributed by atoms with van der Waals surface area (Å²) in [6, 6.07) is 7.82. The molecule has 9 nitrogen and oxygen atoms in total. The number of alkyl halides is 3. The van der Waals surface area contributed by atoms with Gasteiger partial charge in [0.15, 0.2) is 0 Å². The Morgan fingerprint density at radius 2 is 1.92 bits per heavy atom. The molecule has 186 valence electrons. The van der Waals surface area contributed by atoms with Gasteiger partial charge in [-0.05, 0) is 43.5 Å². The molecule has 0 bridgehead atoms. The van der Waals surface area contributed by atoms with E-state index in [9.17, 15) is 18.0 Å². The standard InChI is InChI=1S/C24H21F3N6O3/c1-14-12-19(33-28-9-10-29-33)16(13-20(14)35-2)23(34)32-11-5-8-18(32)22-30-21(31-36-22)15-6-3-4-7-17(15)24(25,26)27/h3-4,6-7,9-10,12-13,18H,5,8,11H2,1-2H3. The summed E-state index contributed by atoms with van der Waals surface area (Å²) in [5.41, 5.74) is 0.525. The maximum atomic E-state index is 13.8. The maximum absolute atomic E-state index is 13.8. The van der Waals surface area contributed by atoms with Crippen LogP contribution in [0.4, 0.5) is 13.2 Å². The molecule has 1 atom stereocenters. The zero-order valence-electron chi connectivity index (χ0n) is 19.4. The molecule has 0 N–H and O–H groups in total. The van der Waals surface area contributed by atoms with Crippen LogP contribution in [0.15, 0.2) is 53.3 Å². The van der Waals surface area contributed by atoms with Crippen LogP contribution in [-0.2, 0) is 6.18 Å². The monoisotopic (exact) mass is 498 g/mol. The second-order valence-corrected chi connectivity index (χ2v) is 8.31. The molecule has 5 rings (SSSR count). The SMILES string of the molecule is COc1cc(C(=O)N2CCCC2c2nc(-c3ccccc3C(F)(F)F)no2)c(-n2nccn2)cc1C. The van der Waals surface area contributed by atoms with Gasteiger partial charge in [0, 0.05) is 12.1 Å². The van der Waals surface area contributed by atoms with Gasteiger partial charge in [-0.1, -0.05) is 23.4 Å². The molecule has 3 heterocycles. The van der Waals surface area contributed by atoms with Crippen LogP contribution < -0.4 is 4.74 Å². The molecule has 1 aliphatic heterocycles. The topological polar surface area (TPSA) is 99.2 Å². The van der Waals surface area contributed by atoms with Crippen LogP contribution in [0.5, 0.6) is 5.75 Å². The number of rotatable bonds is 5. The molecule has 1 amide bonds. The molecule has 0 aliphatic carbocycles. The summed E-state index contributed by atoms with van der Waals surface area (Å²) in [4.78, 5) is 20.9. The van der Waals surface area contributed by atoms with Gasteiger partial charge < -0.3 is 14.2 Å². The second-order valence-electron chi connectivity index (χ2n) is 8.31. The van der Waals surface area contributed by atoms with Gasteiger partial charge in [0.05, 0.1) is 36.3 Å². The van der Waals surface area contributed by atoms with Gasteiger partial charge >= 0.3 is 6.18 Å². The van der Waals surface area contributed by atoms with Gasteiger partial charge in [-0.15, -0.1) is 0 Å². The molecule has 36 heavy (non-hydrogen) atoms. The Labute approximate surface area is 203 Å². The van der Waals surface area contributed by atoms with Crippen LogP contribution in [0.3, 0.4) is 0 Å². The number of ether oxygens (including phenoxy) is 1. The average Bonchev–Trinajstić information content (AvgIpc) is 3.64. The van der Waals surface area contributed by atoms with Crippen molar-refractivity contribution in [1.82, 2.24) is 30.0 Å². The van der Waals surface area contributed by atoms with E-state index in [-0.39, 0.29) is 23.2 Å². The first-order valence-electron chi connectivity index (χ1n) is 11.1. The highest BCUT2D eigenvalue weighted by molar-refractivity contribution is 5.98. The Bertz CT molecular complexity index is 1400. The first-order chi connectivity index (χ1) is 17.3. The third-order valence-corrected chi connectivity index (χ3v) is 6.09. The lowest BCUT2D eigenvalue weighted by molar-refractivity contribution is -0.137. The predicted octanol–water partition coefficient (Wildman–Crippen LogP) is 4.63. The zero-order valence-corrected chi connectivity index (χ0v) is 19.4. The van der Waals surface area contributed by atoms with Crippen LogP contribution in [0.25, 0.3) is 17.1 Å². The Kier molecular flexibility index (Phi) is 5.94. The number of aryl methyl sites for hydroxylation is 1. The van der Waals surface area contributed by atoms with E-state index in [1.54, 1.807) is 17.0 Å². The summed E-state index contributed by atoms with van der Waals surface area (Å²) in [6.07, 6.45) is -0.386. The van der Waals surface area contributed by atoms with Crippen molar-refractivity contribution in [2.24, 2.45) is 0 Å². The van der Waals surface area contributed by atoms with Gasteiger partial charge in [-0.3, -0.25) is 4.79 Å². The van der Waals surface area contributed by atoms with Gasteiger partial charge in [-0.25, -0.2) is 0 Å². The van der Waals surface area contributed by atoms with Gasteiger partial charge in [0.2, 0.25) is 11.7 Å². The number of carbonyl (C=O) groups is 1. The number of likely N-dealkylation sites (tertiary alicyclic amines) is 1. The Morgan fingerprint density at radius 3 is 2.64 bits per heavy atom. The van der Waals surface area contributed by atoms with E-state index >= 15 is 0 Å². The number of methoxy groups -OCH3 is 1. The van der Waals surface area contributed by atoms with Crippen molar-refractivity contribution in [3.05, 3.63) is 71.4 Å². The summed E-state index contributed by atoms with van der Waals surface area (Å²) >= 11 is 0. The van der Waals surface area contributed by atoms with Crippen molar-refractivity contribution < 1.29 is 27.2 Å². The molecule has 2 aromatic heterocycles. The van der Waals surface area contributed by atoms with E-state index < -0.39 is 17.8 Å². The van der Waals surface area contributed by atoms with E-state index in [1.807, 2.05) is 6.92 Å². The van der Waals surface area contributed by atoms with Crippen molar-refractivity contribution in [3.63, 3.8) is 0 Å². The number of benzene rings is 2. The summed E-state index contributed by atoms with van der Waals surface area (Å²) in [6.45, 7) is 2.25. The average molecular weight is 498 g/mol. The fourth-order valence-electron chi connectivity index (χ4n) is 4.40. The Morgan fingerprint density at radius 1 is 1.17 bits per heavy atom. The molecule has 0 radical (unpaired) electrons. The molecule has 1 fully saturated rings. The smallest absolute Gasteiger partial charge is 0.417 e. The Balaban J connectivity index is 1.50. The van der Waals surface area contributed by atoms with Gasteiger partial charge in [-0.2, -0.15) is 33.1 Å². The van der Waals surface area contributed by atoms with Crippen LogP contribution >= 0.6 is 0 Å². The second kappa shape index (κ2) is 9.10. The lowest BCUT2D eigenvalue weighted by Crippen LogP contribution is -2.31. The maximum Gasteiger partial charge on any atom is 0.417 e. The third-order valence-electron chi connectivity index (χ3n) is 6.09. The quantitative estimate of drug-likeness (QED) is 0.396. The van der Waals surface area contributed by atoms with Crippen LogP contribution in [0.2, 0.25) is 0 Å². The molecule has 1 unspecified atom stereocenters. The number of hydrogen-bond acceptors (Lipinski definition) is 7. The third kappa shape index (κ3) is 4.18. The van der Waals surface area contributed by atoms with Gasteiger partial charge in [0.25, 0.3) is 5.91 Å². The molecule has 0 spiro atoms. The van der Waals surface area contributed by atoms with Crippen molar-refractivity contribution in [2.75, 3.05) is 13.7 Å². The summed E-state index contributed by atoms with van der Waals surface area (Å²) in [7, 11) is 1.51. The largest absolute Gasteiger partial charge is 0.496 e.